The van der Waals surface area contributed by atoms with E-state index in [1.165, 1.54) is 0 Å². The van der Waals surface area contributed by atoms with Crippen LogP contribution in [-0.2, 0) is 7.05 Å². The van der Waals surface area contributed by atoms with Gasteiger partial charge >= 0.3 is 0 Å². The largest absolute Gasteiger partial charge is 0.494 e. The molecule has 9 heteroatoms. The van der Waals surface area contributed by atoms with Crippen molar-refractivity contribution in [3.63, 3.8) is 0 Å². The van der Waals surface area contributed by atoms with Gasteiger partial charge in [-0.2, -0.15) is 0 Å². The van der Waals surface area contributed by atoms with E-state index in [0.717, 1.165) is 47.7 Å². The highest BCUT2D eigenvalue weighted by Crippen LogP contribution is 2.36. The van der Waals surface area contributed by atoms with Crippen LogP contribution in [-0.4, -0.2) is 65.8 Å². The van der Waals surface area contributed by atoms with E-state index in [9.17, 15) is 0 Å². The van der Waals surface area contributed by atoms with Gasteiger partial charge in [0.15, 0.2) is 5.82 Å². The fraction of sp³-hybridized carbons (Fsp3) is 0.320. The van der Waals surface area contributed by atoms with Gasteiger partial charge in [0, 0.05) is 32.9 Å². The predicted molar refractivity (Wildman–Crippen MR) is 139 cm³/mol. The van der Waals surface area contributed by atoms with Gasteiger partial charge < -0.3 is 30.2 Å². The lowest BCUT2D eigenvalue weighted by molar-refractivity contribution is 0.401. The molecule has 0 aliphatic heterocycles. The summed E-state index contributed by atoms with van der Waals surface area (Å²) in [5, 5.41) is 3.26. The molecule has 0 bridgehead atoms. The van der Waals surface area contributed by atoms with Gasteiger partial charge in [-0.15, -0.1) is 0 Å². The molecular weight excluding hydrogens is 428 g/mol. The number of benzene rings is 2. The van der Waals surface area contributed by atoms with Crippen LogP contribution in [0, 0.1) is 0 Å². The lowest BCUT2D eigenvalue weighted by Crippen LogP contribution is -2.24. The van der Waals surface area contributed by atoms with Crippen LogP contribution in [0.1, 0.15) is 6.42 Å². The third-order valence-corrected chi connectivity index (χ3v) is 5.78. The van der Waals surface area contributed by atoms with Gasteiger partial charge in [0.25, 0.3) is 0 Å². The Labute approximate surface area is 200 Å². The van der Waals surface area contributed by atoms with Gasteiger partial charge in [0.1, 0.15) is 11.4 Å². The molecule has 2 heterocycles. The van der Waals surface area contributed by atoms with Crippen LogP contribution >= 0.6 is 0 Å². The van der Waals surface area contributed by atoms with Crippen molar-refractivity contribution in [3.8, 4) is 17.3 Å². The van der Waals surface area contributed by atoms with E-state index in [2.05, 4.69) is 34.2 Å². The smallest absolute Gasteiger partial charge is 0.227 e. The number of imidazole rings is 1. The quantitative estimate of drug-likeness (QED) is 0.365. The van der Waals surface area contributed by atoms with Crippen LogP contribution < -0.4 is 20.7 Å². The highest BCUT2D eigenvalue weighted by molar-refractivity contribution is 5.81. The average Bonchev–Trinajstić information content (AvgIpc) is 3.16. The first-order valence-corrected chi connectivity index (χ1v) is 11.2. The van der Waals surface area contributed by atoms with E-state index in [1.807, 2.05) is 61.1 Å². The molecule has 0 aliphatic rings. The number of fused-ring (bicyclic) bond motifs is 1. The molecule has 0 saturated heterocycles. The van der Waals surface area contributed by atoms with Crippen LogP contribution in [0.3, 0.4) is 0 Å². The second-order valence-corrected chi connectivity index (χ2v) is 8.56. The second kappa shape index (κ2) is 9.96. The summed E-state index contributed by atoms with van der Waals surface area (Å²) in [6.45, 7) is 1.90. The number of nitrogens with two attached hydrogens (primary N) is 1. The first-order valence-electron chi connectivity index (χ1n) is 11.2. The minimum Gasteiger partial charge on any atom is -0.494 e. The summed E-state index contributed by atoms with van der Waals surface area (Å²) in [5.41, 5.74) is 11.4. The van der Waals surface area contributed by atoms with Crippen molar-refractivity contribution in [3.05, 3.63) is 48.7 Å². The number of methoxy groups -OCH3 is 1. The zero-order valence-corrected chi connectivity index (χ0v) is 20.4. The van der Waals surface area contributed by atoms with Crippen molar-refractivity contribution in [2.45, 2.75) is 6.42 Å². The van der Waals surface area contributed by atoms with Crippen molar-refractivity contribution in [1.29, 1.82) is 0 Å². The molecule has 178 valence electrons. The number of aryl methyl sites for hydroxylation is 1. The summed E-state index contributed by atoms with van der Waals surface area (Å²) in [4.78, 5) is 18.1. The number of para-hydroxylation sites is 2. The molecule has 4 rings (SSSR count). The second-order valence-electron chi connectivity index (χ2n) is 8.56. The molecule has 4 aromatic rings. The Balaban J connectivity index is 1.59. The number of ether oxygens (including phenoxy) is 1. The van der Waals surface area contributed by atoms with Crippen molar-refractivity contribution in [2.75, 3.05) is 57.3 Å². The summed E-state index contributed by atoms with van der Waals surface area (Å²) >= 11 is 0. The molecule has 9 nitrogen and oxygen atoms in total. The van der Waals surface area contributed by atoms with Crippen LogP contribution in [0.4, 0.5) is 23.0 Å². The molecule has 0 atom stereocenters. The number of hydrogen-bond acceptors (Lipinski definition) is 8. The molecule has 0 radical (unpaired) electrons. The number of nitrogens with zero attached hydrogens (tertiary/aromatic N) is 6. The molecule has 0 amide bonds. The Bertz CT molecular complexity index is 1280. The number of aromatic nitrogens is 4. The predicted octanol–water partition coefficient (Wildman–Crippen LogP) is 3.75. The normalized spacial score (nSPS) is 11.2. The molecule has 2 aromatic heterocycles. The van der Waals surface area contributed by atoms with E-state index in [-0.39, 0.29) is 0 Å². The topological polar surface area (TPSA) is 97.4 Å². The standard InChI is InChI=1S/C25H32N8O/c1-31(2)13-8-14-32(3)22-16-23(34-5)20(15-17(22)26)30-25-27-12-11-19(29-25)24-28-18-9-6-7-10-21(18)33(24)4/h6-7,9-12,15-16H,8,13-14,26H2,1-5H3,(H,27,29,30). The van der Waals surface area contributed by atoms with Crippen LogP contribution in [0.5, 0.6) is 5.75 Å². The Kier molecular flexibility index (Phi) is 6.83. The number of anilines is 4. The van der Waals surface area contributed by atoms with E-state index in [4.69, 9.17) is 20.4 Å². The highest BCUT2D eigenvalue weighted by Gasteiger charge is 2.15. The molecule has 2 aromatic carbocycles. The summed E-state index contributed by atoms with van der Waals surface area (Å²) in [6.07, 6.45) is 2.75. The zero-order chi connectivity index (χ0) is 24.2. The summed E-state index contributed by atoms with van der Waals surface area (Å²) in [7, 11) is 9.81. The van der Waals surface area contributed by atoms with Gasteiger partial charge in [-0.1, -0.05) is 12.1 Å². The van der Waals surface area contributed by atoms with E-state index < -0.39 is 0 Å². The molecule has 34 heavy (non-hydrogen) atoms. The maximum atomic E-state index is 6.41. The van der Waals surface area contributed by atoms with Gasteiger partial charge in [-0.05, 0) is 51.3 Å². The molecular formula is C25H32N8O. The zero-order valence-electron chi connectivity index (χ0n) is 20.4. The molecule has 3 N–H and O–H groups in total. The first kappa shape index (κ1) is 23.3. The number of nitrogen functional groups attached to an aromatic ring is 1. The fourth-order valence-electron chi connectivity index (χ4n) is 3.97. The Morgan fingerprint density at radius 1 is 1.06 bits per heavy atom. The lowest BCUT2D eigenvalue weighted by Gasteiger charge is -2.24. The van der Waals surface area contributed by atoms with Crippen molar-refractivity contribution in [1.82, 2.24) is 24.4 Å². The maximum absolute atomic E-state index is 6.41. The fourth-order valence-corrected chi connectivity index (χ4v) is 3.97. The lowest BCUT2D eigenvalue weighted by atomic mass is 10.2. The third-order valence-electron chi connectivity index (χ3n) is 5.78. The molecule has 0 saturated carbocycles. The third kappa shape index (κ3) is 4.89. The summed E-state index contributed by atoms with van der Waals surface area (Å²) in [5.74, 6) is 1.88. The monoisotopic (exact) mass is 460 g/mol. The number of hydrogen-bond donors (Lipinski definition) is 2. The number of nitrogens with one attached hydrogen (secondary N) is 1. The van der Waals surface area contributed by atoms with Crippen LogP contribution in [0.2, 0.25) is 0 Å². The maximum Gasteiger partial charge on any atom is 0.227 e. The van der Waals surface area contributed by atoms with Crippen molar-refractivity contribution < 1.29 is 4.74 Å². The molecule has 0 unspecified atom stereocenters. The minimum absolute atomic E-state index is 0.439. The Hall–Kier alpha value is -3.85. The first-order chi connectivity index (χ1) is 16.4. The van der Waals surface area contributed by atoms with Crippen LogP contribution in [0.15, 0.2) is 48.7 Å². The summed E-state index contributed by atoms with van der Waals surface area (Å²) in [6, 6.07) is 13.7. The van der Waals surface area contributed by atoms with E-state index in [0.29, 0.717) is 23.1 Å². The van der Waals surface area contributed by atoms with Crippen molar-refractivity contribution >= 4 is 34.0 Å². The average molecular weight is 461 g/mol. The summed E-state index contributed by atoms with van der Waals surface area (Å²) < 4.78 is 7.68. The van der Waals surface area contributed by atoms with Crippen molar-refractivity contribution in [2.24, 2.45) is 7.05 Å². The minimum atomic E-state index is 0.439. The van der Waals surface area contributed by atoms with E-state index in [1.54, 1.807) is 13.3 Å². The molecule has 0 aliphatic carbocycles. The van der Waals surface area contributed by atoms with E-state index >= 15 is 0 Å². The van der Waals surface area contributed by atoms with Gasteiger partial charge in [0.05, 0.1) is 35.2 Å². The van der Waals surface area contributed by atoms with Gasteiger partial charge in [-0.25, -0.2) is 15.0 Å². The Morgan fingerprint density at radius 3 is 2.59 bits per heavy atom. The number of rotatable bonds is 9. The highest BCUT2D eigenvalue weighted by atomic mass is 16.5. The Morgan fingerprint density at radius 2 is 1.85 bits per heavy atom. The van der Waals surface area contributed by atoms with Gasteiger partial charge in [-0.3, -0.25) is 0 Å². The molecule has 0 spiro atoms. The van der Waals surface area contributed by atoms with Gasteiger partial charge in [0.2, 0.25) is 5.95 Å². The van der Waals surface area contributed by atoms with Crippen LogP contribution in [0.25, 0.3) is 22.6 Å². The molecule has 0 fully saturated rings. The SMILES string of the molecule is COc1cc(N(C)CCCN(C)C)c(N)cc1Nc1nccc(-c2nc3ccccc3n2C)n1.